The third kappa shape index (κ3) is 2.57. The summed E-state index contributed by atoms with van der Waals surface area (Å²) in [4.78, 5) is 26.1. The molecule has 2 atom stereocenters. The molecule has 0 aromatic carbocycles. The second kappa shape index (κ2) is 5.05. The SMILES string of the molecule is CC(=O)N1C[C@@H](NC(=O)C2(C)CCCC2)[C@H](C2CC2)C1. The molecule has 0 unspecified atom stereocenters. The Kier molecular flexibility index (Phi) is 3.51. The molecule has 2 saturated carbocycles. The maximum Gasteiger partial charge on any atom is 0.226 e. The molecule has 0 bridgehead atoms. The van der Waals surface area contributed by atoms with Crippen LogP contribution in [0.1, 0.15) is 52.4 Å². The predicted molar refractivity (Wildman–Crippen MR) is 77.0 cm³/mol. The molecule has 4 nitrogen and oxygen atoms in total. The lowest BCUT2D eigenvalue weighted by atomic mass is 9.86. The number of hydrogen-bond donors (Lipinski definition) is 1. The zero-order valence-electron chi connectivity index (χ0n) is 12.7. The first-order chi connectivity index (χ1) is 9.49. The van der Waals surface area contributed by atoms with Crippen molar-refractivity contribution >= 4 is 11.8 Å². The van der Waals surface area contributed by atoms with E-state index in [-0.39, 0.29) is 23.3 Å². The molecule has 3 aliphatic rings. The minimum absolute atomic E-state index is 0.138. The molecular weight excluding hydrogens is 252 g/mol. The fourth-order valence-electron chi connectivity index (χ4n) is 3.97. The topological polar surface area (TPSA) is 49.4 Å². The molecule has 2 amide bonds. The molecule has 3 fully saturated rings. The van der Waals surface area contributed by atoms with Crippen LogP contribution in [0.2, 0.25) is 0 Å². The molecule has 1 heterocycles. The van der Waals surface area contributed by atoms with Crippen LogP contribution in [-0.2, 0) is 9.59 Å². The van der Waals surface area contributed by atoms with Gasteiger partial charge in [0, 0.05) is 31.3 Å². The smallest absolute Gasteiger partial charge is 0.226 e. The van der Waals surface area contributed by atoms with Gasteiger partial charge >= 0.3 is 0 Å². The lowest BCUT2D eigenvalue weighted by molar-refractivity contribution is -0.131. The predicted octanol–water partition coefficient (Wildman–Crippen LogP) is 1.94. The van der Waals surface area contributed by atoms with E-state index in [0.29, 0.717) is 12.5 Å². The van der Waals surface area contributed by atoms with E-state index in [1.807, 2.05) is 4.90 Å². The van der Waals surface area contributed by atoms with Gasteiger partial charge in [0.2, 0.25) is 11.8 Å². The van der Waals surface area contributed by atoms with Crippen LogP contribution in [-0.4, -0.2) is 35.8 Å². The van der Waals surface area contributed by atoms with Crippen molar-refractivity contribution in [3.8, 4) is 0 Å². The van der Waals surface area contributed by atoms with Crippen LogP contribution in [0.15, 0.2) is 0 Å². The summed E-state index contributed by atoms with van der Waals surface area (Å²) in [5, 5.41) is 3.28. The Morgan fingerprint density at radius 2 is 1.80 bits per heavy atom. The van der Waals surface area contributed by atoms with Crippen LogP contribution in [0.3, 0.4) is 0 Å². The average Bonchev–Trinajstić information content (AvgIpc) is 3.00. The van der Waals surface area contributed by atoms with Gasteiger partial charge < -0.3 is 10.2 Å². The van der Waals surface area contributed by atoms with Crippen molar-refractivity contribution in [1.29, 1.82) is 0 Å². The average molecular weight is 278 g/mol. The molecule has 112 valence electrons. The number of nitrogens with zero attached hydrogens (tertiary/aromatic N) is 1. The van der Waals surface area contributed by atoms with Crippen molar-refractivity contribution in [1.82, 2.24) is 10.2 Å². The molecular formula is C16H26N2O2. The van der Waals surface area contributed by atoms with E-state index in [1.165, 1.54) is 25.7 Å². The van der Waals surface area contributed by atoms with Gasteiger partial charge in [-0.05, 0) is 31.6 Å². The highest BCUT2D eigenvalue weighted by molar-refractivity contribution is 5.83. The summed E-state index contributed by atoms with van der Waals surface area (Å²) in [6, 6.07) is 0.177. The molecule has 1 N–H and O–H groups in total. The second-order valence-electron chi connectivity index (χ2n) is 7.27. The maximum atomic E-state index is 12.6. The summed E-state index contributed by atoms with van der Waals surface area (Å²) in [5.41, 5.74) is -0.169. The lowest BCUT2D eigenvalue weighted by Gasteiger charge is -2.27. The van der Waals surface area contributed by atoms with Crippen LogP contribution >= 0.6 is 0 Å². The van der Waals surface area contributed by atoms with Crippen molar-refractivity contribution in [2.24, 2.45) is 17.3 Å². The molecule has 2 aliphatic carbocycles. The van der Waals surface area contributed by atoms with Gasteiger partial charge in [-0.1, -0.05) is 19.8 Å². The van der Waals surface area contributed by atoms with E-state index in [4.69, 9.17) is 0 Å². The number of carbonyl (C=O) groups excluding carboxylic acids is 2. The molecule has 0 radical (unpaired) electrons. The summed E-state index contributed by atoms with van der Waals surface area (Å²) in [5.74, 6) is 1.56. The summed E-state index contributed by atoms with van der Waals surface area (Å²) in [6.07, 6.45) is 6.88. The third-order valence-electron chi connectivity index (χ3n) is 5.61. The number of likely N-dealkylation sites (tertiary alicyclic amines) is 1. The van der Waals surface area contributed by atoms with E-state index < -0.39 is 0 Å². The van der Waals surface area contributed by atoms with Gasteiger partial charge in [-0.2, -0.15) is 0 Å². The molecule has 1 aliphatic heterocycles. The number of carbonyl (C=O) groups is 2. The fraction of sp³-hybridized carbons (Fsp3) is 0.875. The largest absolute Gasteiger partial charge is 0.351 e. The van der Waals surface area contributed by atoms with Gasteiger partial charge in [0.05, 0.1) is 6.04 Å². The first-order valence-corrected chi connectivity index (χ1v) is 8.06. The molecule has 0 spiro atoms. The Morgan fingerprint density at radius 1 is 1.15 bits per heavy atom. The summed E-state index contributed by atoms with van der Waals surface area (Å²) < 4.78 is 0. The van der Waals surface area contributed by atoms with Gasteiger partial charge in [0.1, 0.15) is 0 Å². The van der Waals surface area contributed by atoms with Crippen molar-refractivity contribution in [2.75, 3.05) is 13.1 Å². The monoisotopic (exact) mass is 278 g/mol. The summed E-state index contributed by atoms with van der Waals surface area (Å²) >= 11 is 0. The van der Waals surface area contributed by atoms with Crippen LogP contribution in [0.5, 0.6) is 0 Å². The maximum absolute atomic E-state index is 12.6. The highest BCUT2D eigenvalue weighted by Crippen LogP contribution is 2.42. The van der Waals surface area contributed by atoms with E-state index in [2.05, 4.69) is 12.2 Å². The van der Waals surface area contributed by atoms with Crippen LogP contribution < -0.4 is 5.32 Å². The Labute approximate surface area is 121 Å². The molecule has 0 aromatic heterocycles. The third-order valence-corrected chi connectivity index (χ3v) is 5.61. The molecule has 3 rings (SSSR count). The fourth-order valence-corrected chi connectivity index (χ4v) is 3.97. The standard InChI is InChI=1S/C16H26N2O2/c1-11(19)18-9-13(12-5-6-12)14(10-18)17-15(20)16(2)7-3-4-8-16/h12-14H,3-10H2,1-2H3,(H,17,20)/t13-,14+/m0/s1. The van der Waals surface area contributed by atoms with Crippen molar-refractivity contribution in [3.63, 3.8) is 0 Å². The van der Waals surface area contributed by atoms with Gasteiger partial charge in [-0.25, -0.2) is 0 Å². The molecule has 1 saturated heterocycles. The Hall–Kier alpha value is -1.06. The zero-order chi connectivity index (χ0) is 14.3. The summed E-state index contributed by atoms with van der Waals surface area (Å²) in [6.45, 7) is 5.27. The van der Waals surface area contributed by atoms with E-state index in [9.17, 15) is 9.59 Å². The Balaban J connectivity index is 1.65. The number of rotatable bonds is 3. The van der Waals surface area contributed by atoms with Crippen molar-refractivity contribution in [3.05, 3.63) is 0 Å². The molecule has 4 heteroatoms. The normalized spacial score (nSPS) is 32.4. The van der Waals surface area contributed by atoms with Gasteiger partial charge in [-0.15, -0.1) is 0 Å². The van der Waals surface area contributed by atoms with Crippen LogP contribution in [0, 0.1) is 17.3 Å². The Bertz CT molecular complexity index is 411. The first-order valence-electron chi connectivity index (χ1n) is 8.06. The van der Waals surface area contributed by atoms with Gasteiger partial charge in [-0.3, -0.25) is 9.59 Å². The molecule has 0 aromatic rings. The summed E-state index contributed by atoms with van der Waals surface area (Å²) in [7, 11) is 0. The van der Waals surface area contributed by atoms with Gasteiger partial charge in [0.15, 0.2) is 0 Å². The highest BCUT2D eigenvalue weighted by Gasteiger charge is 2.45. The van der Waals surface area contributed by atoms with E-state index in [1.54, 1.807) is 6.92 Å². The van der Waals surface area contributed by atoms with Crippen molar-refractivity contribution < 1.29 is 9.59 Å². The van der Waals surface area contributed by atoms with Gasteiger partial charge in [0.25, 0.3) is 0 Å². The molecule has 20 heavy (non-hydrogen) atoms. The minimum atomic E-state index is -0.169. The quantitative estimate of drug-likeness (QED) is 0.857. The Morgan fingerprint density at radius 3 is 2.35 bits per heavy atom. The minimum Gasteiger partial charge on any atom is -0.351 e. The number of amides is 2. The zero-order valence-corrected chi connectivity index (χ0v) is 12.7. The van der Waals surface area contributed by atoms with E-state index in [0.717, 1.165) is 25.3 Å². The number of nitrogens with one attached hydrogen (secondary N) is 1. The first kappa shape index (κ1) is 13.9. The number of hydrogen-bond acceptors (Lipinski definition) is 2. The van der Waals surface area contributed by atoms with Crippen LogP contribution in [0.25, 0.3) is 0 Å². The lowest BCUT2D eigenvalue weighted by Crippen LogP contribution is -2.47. The highest BCUT2D eigenvalue weighted by atomic mass is 16.2. The second-order valence-corrected chi connectivity index (χ2v) is 7.27. The van der Waals surface area contributed by atoms with Crippen LogP contribution in [0.4, 0.5) is 0 Å². The van der Waals surface area contributed by atoms with Crippen molar-refractivity contribution in [2.45, 2.75) is 58.4 Å². The van der Waals surface area contributed by atoms with E-state index >= 15 is 0 Å².